The van der Waals surface area contributed by atoms with Crippen LogP contribution in [0.2, 0.25) is 5.02 Å². The molecule has 4 heterocycles. The quantitative estimate of drug-likeness (QED) is 0.380. The molecule has 1 saturated heterocycles. The highest BCUT2D eigenvalue weighted by Crippen LogP contribution is 2.18. The maximum Gasteiger partial charge on any atom is 0.360 e. The molecular formula is C22H20ClN5O6. The van der Waals surface area contributed by atoms with Crippen LogP contribution in [0.4, 0.5) is 0 Å². The van der Waals surface area contributed by atoms with E-state index in [9.17, 15) is 14.4 Å². The largest absolute Gasteiger partial charge is 0.464 e. The molecule has 0 radical (unpaired) electrons. The molecule has 5 rings (SSSR count). The number of ether oxygens (including phenoxy) is 2. The Bertz CT molecular complexity index is 1480. The van der Waals surface area contributed by atoms with E-state index in [0.29, 0.717) is 17.3 Å². The lowest BCUT2D eigenvalue weighted by atomic mass is 10.2. The predicted molar refractivity (Wildman–Crippen MR) is 121 cm³/mol. The first-order valence-corrected chi connectivity index (χ1v) is 10.9. The van der Waals surface area contributed by atoms with Gasteiger partial charge in [-0.2, -0.15) is 0 Å². The van der Waals surface area contributed by atoms with Gasteiger partial charge in [0.1, 0.15) is 12.8 Å². The summed E-state index contributed by atoms with van der Waals surface area (Å²) >= 11 is 6.03. The summed E-state index contributed by atoms with van der Waals surface area (Å²) in [7, 11) is 1.24. The van der Waals surface area contributed by atoms with Crippen LogP contribution < -0.4 is 11.2 Å². The van der Waals surface area contributed by atoms with Crippen LogP contribution in [0.25, 0.3) is 16.9 Å². The van der Waals surface area contributed by atoms with Gasteiger partial charge in [0.05, 0.1) is 31.8 Å². The van der Waals surface area contributed by atoms with Gasteiger partial charge in [-0.3, -0.25) is 9.36 Å². The van der Waals surface area contributed by atoms with E-state index in [2.05, 4.69) is 14.7 Å². The van der Waals surface area contributed by atoms with Gasteiger partial charge in [-0.25, -0.2) is 24.1 Å². The molecule has 0 bridgehead atoms. The van der Waals surface area contributed by atoms with Crippen molar-refractivity contribution in [3.05, 3.63) is 74.3 Å². The van der Waals surface area contributed by atoms with Crippen molar-refractivity contribution in [3.8, 4) is 5.69 Å². The number of benzene rings is 1. The molecule has 11 nitrogen and oxygen atoms in total. The second-order valence-electron chi connectivity index (χ2n) is 7.81. The summed E-state index contributed by atoms with van der Waals surface area (Å²) in [4.78, 5) is 47.1. The SMILES string of the molecule is COC(=O)c1coc(Cn2cnc3c2c(=O)n(C[C@H]2CCCO2)c(=O)n3-c2ccc(Cl)cc2)n1. The summed E-state index contributed by atoms with van der Waals surface area (Å²) in [6.07, 6.45) is 4.01. The van der Waals surface area contributed by atoms with Gasteiger partial charge >= 0.3 is 11.7 Å². The number of fused-ring (bicyclic) bond motifs is 1. The number of imidazole rings is 1. The van der Waals surface area contributed by atoms with Gasteiger partial charge < -0.3 is 18.5 Å². The average Bonchev–Trinajstić information content (AvgIpc) is 3.59. The summed E-state index contributed by atoms with van der Waals surface area (Å²) < 4.78 is 19.7. The number of methoxy groups -OCH3 is 1. The molecule has 176 valence electrons. The van der Waals surface area contributed by atoms with E-state index in [1.165, 1.54) is 33.4 Å². The minimum absolute atomic E-state index is 0.00999. The average molecular weight is 486 g/mol. The Hall–Kier alpha value is -3.70. The summed E-state index contributed by atoms with van der Waals surface area (Å²) in [5.41, 5.74) is -0.140. The Balaban J connectivity index is 1.66. The lowest BCUT2D eigenvalue weighted by molar-refractivity contribution is 0.0594. The zero-order chi connectivity index (χ0) is 23.8. The Morgan fingerprint density at radius 1 is 1.26 bits per heavy atom. The lowest BCUT2D eigenvalue weighted by Crippen LogP contribution is -2.42. The zero-order valence-electron chi connectivity index (χ0n) is 18.1. The Morgan fingerprint density at radius 2 is 2.06 bits per heavy atom. The molecule has 0 saturated carbocycles. The number of aromatic nitrogens is 5. The molecule has 4 aromatic rings. The Labute approximate surface area is 197 Å². The molecule has 12 heteroatoms. The molecule has 0 unspecified atom stereocenters. The molecular weight excluding hydrogens is 466 g/mol. The van der Waals surface area contributed by atoms with Crippen molar-refractivity contribution in [1.82, 2.24) is 23.7 Å². The summed E-state index contributed by atoms with van der Waals surface area (Å²) in [5.74, 6) is -0.463. The van der Waals surface area contributed by atoms with E-state index in [1.807, 2.05) is 0 Å². The van der Waals surface area contributed by atoms with E-state index in [0.717, 1.165) is 12.8 Å². The van der Waals surface area contributed by atoms with Crippen molar-refractivity contribution in [2.75, 3.05) is 13.7 Å². The first kappa shape index (κ1) is 22.1. The smallest absolute Gasteiger partial charge is 0.360 e. The van der Waals surface area contributed by atoms with Crippen LogP contribution in [-0.4, -0.2) is 49.5 Å². The van der Waals surface area contributed by atoms with Crippen LogP contribution in [0.15, 0.2) is 50.9 Å². The highest BCUT2D eigenvalue weighted by atomic mass is 35.5. The first-order chi connectivity index (χ1) is 16.5. The van der Waals surface area contributed by atoms with Gasteiger partial charge in [-0.1, -0.05) is 11.6 Å². The van der Waals surface area contributed by atoms with E-state index < -0.39 is 17.2 Å². The number of carbonyl (C=O) groups is 1. The standard InChI is InChI=1S/C22H20ClN5O6/c1-32-21(30)16-11-34-17(25-16)10-26-12-24-19-18(26)20(29)27(9-15-3-2-8-33-15)22(31)28(19)14-6-4-13(23)5-7-14/h4-7,11-12,15H,2-3,8-10H2,1H3/t15-/m1/s1. The Morgan fingerprint density at radius 3 is 2.76 bits per heavy atom. The molecule has 34 heavy (non-hydrogen) atoms. The van der Waals surface area contributed by atoms with Crippen LogP contribution >= 0.6 is 11.6 Å². The lowest BCUT2D eigenvalue weighted by Gasteiger charge is -2.15. The van der Waals surface area contributed by atoms with E-state index in [-0.39, 0.29) is 41.9 Å². The van der Waals surface area contributed by atoms with Crippen molar-refractivity contribution >= 4 is 28.7 Å². The van der Waals surface area contributed by atoms with Crippen LogP contribution in [0, 0.1) is 0 Å². The van der Waals surface area contributed by atoms with Crippen molar-refractivity contribution in [2.45, 2.75) is 32.0 Å². The number of esters is 1. The number of hydrogen-bond donors (Lipinski definition) is 0. The number of halogens is 1. The van der Waals surface area contributed by atoms with Gasteiger partial charge in [0.25, 0.3) is 5.56 Å². The van der Waals surface area contributed by atoms with Gasteiger partial charge in [0, 0.05) is 11.6 Å². The van der Waals surface area contributed by atoms with Gasteiger partial charge in [0.2, 0.25) is 5.89 Å². The van der Waals surface area contributed by atoms with E-state index in [1.54, 1.807) is 24.3 Å². The first-order valence-electron chi connectivity index (χ1n) is 10.6. The second kappa shape index (κ2) is 8.92. The number of oxazole rings is 1. The van der Waals surface area contributed by atoms with Crippen molar-refractivity contribution < 1.29 is 18.7 Å². The molecule has 1 aliphatic rings. The fraction of sp³-hybridized carbons (Fsp3) is 0.318. The molecule has 3 aromatic heterocycles. The van der Waals surface area contributed by atoms with Crippen LogP contribution in [0.1, 0.15) is 29.2 Å². The molecule has 0 N–H and O–H groups in total. The third-order valence-corrected chi connectivity index (χ3v) is 5.90. The maximum atomic E-state index is 13.5. The van der Waals surface area contributed by atoms with Crippen LogP contribution in [-0.2, 0) is 22.6 Å². The van der Waals surface area contributed by atoms with Crippen molar-refractivity contribution in [2.24, 2.45) is 0 Å². The molecule has 1 aromatic carbocycles. The summed E-state index contributed by atoms with van der Waals surface area (Å²) in [5, 5.41) is 0.511. The fourth-order valence-electron chi connectivity index (χ4n) is 4.00. The number of hydrogen-bond acceptors (Lipinski definition) is 8. The molecule has 0 aliphatic carbocycles. The topological polar surface area (TPSA) is 123 Å². The highest BCUT2D eigenvalue weighted by Gasteiger charge is 2.24. The number of rotatable bonds is 6. The normalized spacial score (nSPS) is 15.8. The molecule has 1 atom stereocenters. The minimum Gasteiger partial charge on any atom is -0.464 e. The van der Waals surface area contributed by atoms with Gasteiger partial charge in [-0.15, -0.1) is 0 Å². The summed E-state index contributed by atoms with van der Waals surface area (Å²) in [6, 6.07) is 6.67. The third kappa shape index (κ3) is 3.93. The zero-order valence-corrected chi connectivity index (χ0v) is 18.9. The summed E-state index contributed by atoms with van der Waals surface area (Å²) in [6.45, 7) is 0.733. The van der Waals surface area contributed by atoms with Crippen molar-refractivity contribution in [3.63, 3.8) is 0 Å². The molecule has 0 amide bonds. The Kier molecular flexibility index (Phi) is 5.80. The van der Waals surface area contributed by atoms with Gasteiger partial charge in [-0.05, 0) is 37.1 Å². The molecule has 0 spiro atoms. The van der Waals surface area contributed by atoms with Gasteiger partial charge in [0.15, 0.2) is 16.9 Å². The number of carbonyl (C=O) groups excluding carboxylic acids is 1. The monoisotopic (exact) mass is 485 g/mol. The second-order valence-corrected chi connectivity index (χ2v) is 8.24. The van der Waals surface area contributed by atoms with Crippen LogP contribution in [0.5, 0.6) is 0 Å². The minimum atomic E-state index is -0.638. The number of nitrogens with zero attached hydrogens (tertiary/aromatic N) is 5. The highest BCUT2D eigenvalue weighted by molar-refractivity contribution is 6.30. The third-order valence-electron chi connectivity index (χ3n) is 5.65. The predicted octanol–water partition coefficient (Wildman–Crippen LogP) is 2.00. The molecule has 1 aliphatic heterocycles. The van der Waals surface area contributed by atoms with E-state index >= 15 is 0 Å². The van der Waals surface area contributed by atoms with Crippen molar-refractivity contribution in [1.29, 1.82) is 0 Å². The van der Waals surface area contributed by atoms with E-state index in [4.69, 9.17) is 20.8 Å². The van der Waals surface area contributed by atoms with Crippen LogP contribution in [0.3, 0.4) is 0 Å². The maximum absolute atomic E-state index is 13.5. The fourth-order valence-corrected chi connectivity index (χ4v) is 4.13. The molecule has 1 fully saturated rings.